The average molecular weight is 326 g/mol. The molecule has 0 fully saturated rings. The van der Waals surface area contributed by atoms with Crippen molar-refractivity contribution in [1.82, 2.24) is 0 Å². The first kappa shape index (κ1) is 16.1. The summed E-state index contributed by atoms with van der Waals surface area (Å²) in [6, 6.07) is 8.05. The maximum atomic E-state index is 6.31. The second-order valence-corrected chi connectivity index (χ2v) is 6.41. The molecular formula is C16H20ClNO2S. The Hall–Kier alpha value is -1.23. The molecule has 1 heterocycles. The minimum atomic E-state index is 0.0800. The van der Waals surface area contributed by atoms with Crippen molar-refractivity contribution in [2.24, 2.45) is 5.73 Å². The molecule has 0 saturated carbocycles. The van der Waals surface area contributed by atoms with Crippen molar-refractivity contribution in [3.63, 3.8) is 0 Å². The van der Waals surface area contributed by atoms with E-state index in [9.17, 15) is 0 Å². The van der Waals surface area contributed by atoms with Gasteiger partial charge in [0.05, 0.1) is 18.7 Å². The first-order chi connectivity index (χ1) is 10.1. The van der Waals surface area contributed by atoms with Gasteiger partial charge in [-0.1, -0.05) is 17.7 Å². The zero-order valence-corrected chi connectivity index (χ0v) is 13.8. The van der Waals surface area contributed by atoms with Crippen LogP contribution in [0.3, 0.4) is 0 Å². The molecule has 2 rings (SSSR count). The fraction of sp³-hybridized carbons (Fsp3) is 0.375. The quantitative estimate of drug-likeness (QED) is 0.839. The lowest BCUT2D eigenvalue weighted by Gasteiger charge is -2.15. The van der Waals surface area contributed by atoms with E-state index in [-0.39, 0.29) is 6.04 Å². The molecular weight excluding hydrogens is 306 g/mol. The maximum absolute atomic E-state index is 6.31. The van der Waals surface area contributed by atoms with Gasteiger partial charge in [0.25, 0.3) is 0 Å². The molecule has 1 aromatic carbocycles. The molecule has 1 aromatic heterocycles. The van der Waals surface area contributed by atoms with E-state index in [2.05, 4.69) is 11.4 Å². The topological polar surface area (TPSA) is 44.5 Å². The molecule has 0 aliphatic heterocycles. The molecule has 0 amide bonds. The Morgan fingerprint density at radius 1 is 1.38 bits per heavy atom. The van der Waals surface area contributed by atoms with Gasteiger partial charge >= 0.3 is 0 Å². The van der Waals surface area contributed by atoms with E-state index in [0.717, 1.165) is 18.4 Å². The Morgan fingerprint density at radius 2 is 2.19 bits per heavy atom. The van der Waals surface area contributed by atoms with Crippen LogP contribution in [0.2, 0.25) is 5.02 Å². The molecule has 21 heavy (non-hydrogen) atoms. The summed E-state index contributed by atoms with van der Waals surface area (Å²) in [5.41, 5.74) is 6.88. The van der Waals surface area contributed by atoms with E-state index in [4.69, 9.17) is 26.8 Å². The lowest BCUT2D eigenvalue weighted by Crippen LogP contribution is -2.17. The van der Waals surface area contributed by atoms with E-state index in [0.29, 0.717) is 23.1 Å². The number of hydrogen-bond acceptors (Lipinski definition) is 4. The van der Waals surface area contributed by atoms with E-state index < -0.39 is 0 Å². The van der Waals surface area contributed by atoms with Gasteiger partial charge in [-0.25, -0.2) is 0 Å². The van der Waals surface area contributed by atoms with E-state index in [1.165, 1.54) is 4.88 Å². The van der Waals surface area contributed by atoms with Crippen molar-refractivity contribution in [1.29, 1.82) is 0 Å². The number of hydrogen-bond donors (Lipinski definition) is 1. The molecule has 5 heteroatoms. The van der Waals surface area contributed by atoms with Crippen molar-refractivity contribution < 1.29 is 9.47 Å². The van der Waals surface area contributed by atoms with E-state index in [1.807, 2.05) is 25.1 Å². The molecule has 0 aliphatic rings. The SMILES string of the molecule is COc1cc(CC(C)N)cc(Cl)c1OCCc1cccs1. The number of methoxy groups -OCH3 is 1. The van der Waals surface area contributed by atoms with Gasteiger partial charge in [-0.2, -0.15) is 0 Å². The van der Waals surface area contributed by atoms with Crippen LogP contribution < -0.4 is 15.2 Å². The van der Waals surface area contributed by atoms with Crippen LogP contribution in [0.15, 0.2) is 29.6 Å². The van der Waals surface area contributed by atoms with Crippen molar-refractivity contribution in [3.05, 3.63) is 45.1 Å². The molecule has 2 aromatic rings. The standard InChI is InChI=1S/C16H20ClNO2S/c1-11(18)8-12-9-14(17)16(15(10-12)19-2)20-6-5-13-4-3-7-21-13/h3-4,7,9-11H,5-6,8,18H2,1-2H3. The molecule has 1 unspecified atom stereocenters. The summed E-state index contributed by atoms with van der Waals surface area (Å²) >= 11 is 8.04. The van der Waals surface area contributed by atoms with Crippen LogP contribution in [0, 0.1) is 0 Å². The van der Waals surface area contributed by atoms with Crippen LogP contribution in [0.1, 0.15) is 17.4 Å². The van der Waals surface area contributed by atoms with Crippen molar-refractivity contribution in [2.45, 2.75) is 25.8 Å². The lowest BCUT2D eigenvalue weighted by atomic mass is 10.1. The Morgan fingerprint density at radius 3 is 2.81 bits per heavy atom. The Balaban J connectivity index is 2.07. The highest BCUT2D eigenvalue weighted by Gasteiger charge is 2.13. The zero-order valence-electron chi connectivity index (χ0n) is 12.3. The van der Waals surface area contributed by atoms with Crippen molar-refractivity contribution in [3.8, 4) is 11.5 Å². The third-order valence-corrected chi connectivity index (χ3v) is 4.24. The number of thiophene rings is 1. The fourth-order valence-electron chi connectivity index (χ4n) is 2.11. The summed E-state index contributed by atoms with van der Waals surface area (Å²) < 4.78 is 11.2. The first-order valence-electron chi connectivity index (χ1n) is 6.87. The van der Waals surface area contributed by atoms with Gasteiger partial charge in [0, 0.05) is 17.3 Å². The number of nitrogens with two attached hydrogens (primary N) is 1. The predicted octanol–water partition coefficient (Wildman–Crippen LogP) is 3.92. The summed E-state index contributed by atoms with van der Waals surface area (Å²) in [6.07, 6.45) is 1.62. The molecule has 0 bridgehead atoms. The van der Waals surface area contributed by atoms with Crippen LogP contribution in [0.25, 0.3) is 0 Å². The highest BCUT2D eigenvalue weighted by atomic mass is 35.5. The predicted molar refractivity (Wildman–Crippen MR) is 88.9 cm³/mol. The fourth-order valence-corrected chi connectivity index (χ4v) is 3.09. The average Bonchev–Trinajstić information content (AvgIpc) is 2.93. The lowest BCUT2D eigenvalue weighted by molar-refractivity contribution is 0.298. The molecule has 0 radical (unpaired) electrons. The summed E-state index contributed by atoms with van der Waals surface area (Å²) in [4.78, 5) is 1.29. The maximum Gasteiger partial charge on any atom is 0.179 e. The van der Waals surface area contributed by atoms with Crippen LogP contribution >= 0.6 is 22.9 Å². The minimum absolute atomic E-state index is 0.0800. The summed E-state index contributed by atoms with van der Waals surface area (Å²) in [7, 11) is 1.62. The van der Waals surface area contributed by atoms with Gasteiger partial charge in [0.15, 0.2) is 11.5 Å². The molecule has 0 spiro atoms. The Bertz CT molecular complexity index is 570. The second kappa shape index (κ2) is 7.69. The first-order valence-corrected chi connectivity index (χ1v) is 8.13. The van der Waals surface area contributed by atoms with Crippen LogP contribution in [-0.2, 0) is 12.8 Å². The third kappa shape index (κ3) is 4.63. The number of ether oxygens (including phenoxy) is 2. The second-order valence-electron chi connectivity index (χ2n) is 4.97. The van der Waals surface area contributed by atoms with Crippen molar-refractivity contribution >= 4 is 22.9 Å². The van der Waals surface area contributed by atoms with Crippen LogP contribution in [0.5, 0.6) is 11.5 Å². The molecule has 0 saturated heterocycles. The van der Waals surface area contributed by atoms with Crippen LogP contribution in [-0.4, -0.2) is 19.8 Å². The smallest absolute Gasteiger partial charge is 0.179 e. The molecule has 114 valence electrons. The zero-order chi connectivity index (χ0) is 15.2. The van der Waals surface area contributed by atoms with Crippen molar-refractivity contribution in [2.75, 3.05) is 13.7 Å². The Labute approximate surface area is 134 Å². The molecule has 0 aliphatic carbocycles. The van der Waals surface area contributed by atoms with Gasteiger partial charge in [-0.3, -0.25) is 0 Å². The van der Waals surface area contributed by atoms with Gasteiger partial charge in [0.1, 0.15) is 0 Å². The number of rotatable bonds is 7. The van der Waals surface area contributed by atoms with Gasteiger partial charge in [-0.05, 0) is 42.5 Å². The van der Waals surface area contributed by atoms with Gasteiger partial charge in [-0.15, -0.1) is 11.3 Å². The highest BCUT2D eigenvalue weighted by Crippen LogP contribution is 2.36. The number of benzene rings is 1. The van der Waals surface area contributed by atoms with E-state index in [1.54, 1.807) is 18.4 Å². The third-order valence-electron chi connectivity index (χ3n) is 3.02. The minimum Gasteiger partial charge on any atom is -0.493 e. The van der Waals surface area contributed by atoms with Crippen LogP contribution in [0.4, 0.5) is 0 Å². The van der Waals surface area contributed by atoms with E-state index >= 15 is 0 Å². The molecule has 3 nitrogen and oxygen atoms in total. The summed E-state index contributed by atoms with van der Waals surface area (Å²) in [6.45, 7) is 2.54. The van der Waals surface area contributed by atoms with Gasteiger partial charge < -0.3 is 15.2 Å². The highest BCUT2D eigenvalue weighted by molar-refractivity contribution is 7.09. The monoisotopic (exact) mass is 325 g/mol. The summed E-state index contributed by atoms with van der Waals surface area (Å²) in [5, 5.41) is 2.63. The Kier molecular flexibility index (Phi) is 5.91. The largest absolute Gasteiger partial charge is 0.493 e. The number of halogens is 1. The van der Waals surface area contributed by atoms with Gasteiger partial charge in [0.2, 0.25) is 0 Å². The molecule has 2 N–H and O–H groups in total. The molecule has 1 atom stereocenters. The summed E-state index contributed by atoms with van der Waals surface area (Å²) in [5.74, 6) is 1.26. The normalized spacial score (nSPS) is 12.2.